The van der Waals surface area contributed by atoms with E-state index < -0.39 is 23.3 Å². The van der Waals surface area contributed by atoms with Crippen LogP contribution in [-0.4, -0.2) is 69.1 Å². The number of carbonyl (C=O) groups is 1. The highest BCUT2D eigenvalue weighted by atomic mass is 19.1. The number of fused-ring (bicyclic) bond motifs is 2. The largest absolute Gasteiger partial charge is 0.508 e. The summed E-state index contributed by atoms with van der Waals surface area (Å²) >= 11 is 0. The van der Waals surface area contributed by atoms with Gasteiger partial charge in [-0.15, -0.1) is 6.58 Å². The number of ether oxygens (including phenoxy) is 2. The lowest BCUT2D eigenvalue weighted by atomic mass is 9.55. The summed E-state index contributed by atoms with van der Waals surface area (Å²) in [6, 6.07) is 10.9. The summed E-state index contributed by atoms with van der Waals surface area (Å²) in [6.45, 7) is 10.5. The van der Waals surface area contributed by atoms with Gasteiger partial charge in [0.15, 0.2) is 0 Å². The molecule has 2 saturated carbocycles. The van der Waals surface area contributed by atoms with Crippen LogP contribution in [0.2, 0.25) is 0 Å². The fourth-order valence-corrected chi connectivity index (χ4v) is 9.78. The van der Waals surface area contributed by atoms with Crippen LogP contribution in [0.3, 0.4) is 0 Å². The number of hydrogen-bond donors (Lipinski definition) is 3. The predicted octanol–water partition coefficient (Wildman–Crippen LogP) is 8.96. The van der Waals surface area contributed by atoms with Crippen LogP contribution >= 0.6 is 0 Å². The first-order valence-electron chi connectivity index (χ1n) is 21.0. The summed E-state index contributed by atoms with van der Waals surface area (Å²) in [6.07, 6.45) is 14.7. The second-order valence-corrected chi connectivity index (χ2v) is 17.3. The second kappa shape index (κ2) is 18.7. The normalized spacial score (nSPS) is 26.6. The first kappa shape index (κ1) is 41.9. The average Bonchev–Trinajstić information content (AvgIpc) is 3.70. The van der Waals surface area contributed by atoms with E-state index in [-0.39, 0.29) is 68.0 Å². The third kappa shape index (κ3) is 9.51. The van der Waals surface area contributed by atoms with Gasteiger partial charge in [-0.1, -0.05) is 68.0 Å². The molecule has 6 atom stereocenters. The smallest absolute Gasteiger partial charge is 0.239 e. The molecule has 0 spiro atoms. The van der Waals surface area contributed by atoms with Crippen molar-refractivity contribution >= 4 is 11.6 Å². The Labute approximate surface area is 332 Å². The van der Waals surface area contributed by atoms with E-state index in [1.165, 1.54) is 25.0 Å². The monoisotopic (exact) mass is 774 g/mol. The van der Waals surface area contributed by atoms with E-state index in [4.69, 9.17) is 19.5 Å². The molecule has 10 heteroatoms. The number of rotatable bonds is 18. The van der Waals surface area contributed by atoms with Gasteiger partial charge in [-0.05, 0) is 112 Å². The fraction of sp³-hybridized carbons (Fsp3) is 0.609. The van der Waals surface area contributed by atoms with Crippen molar-refractivity contribution in [1.82, 2.24) is 4.90 Å². The van der Waals surface area contributed by atoms with E-state index in [1.807, 2.05) is 25.7 Å². The SMILES string of the molecule is C=CCO[C@@]12Oc3ccc(O)cc3[C@H]3[C@H](CCCCO)[C@@H](CCCCO)C=C(C(=NOC(C)(C)C)C[C@@H]1N(Cc1ccc(F)cc1)C(=O)CCC1CCCC1)[C@H]32. The molecule has 0 aromatic heterocycles. The van der Waals surface area contributed by atoms with Crippen LogP contribution < -0.4 is 4.74 Å². The van der Waals surface area contributed by atoms with E-state index in [1.54, 1.807) is 36.4 Å². The number of allylic oxidation sites excluding steroid dienone is 1. The van der Waals surface area contributed by atoms with Gasteiger partial charge >= 0.3 is 0 Å². The van der Waals surface area contributed by atoms with Crippen LogP contribution in [0.4, 0.5) is 4.39 Å². The van der Waals surface area contributed by atoms with Crippen LogP contribution in [0, 0.1) is 29.5 Å². The number of benzene rings is 2. The van der Waals surface area contributed by atoms with Crippen LogP contribution in [0.15, 0.2) is 71.9 Å². The molecule has 0 unspecified atom stereocenters. The van der Waals surface area contributed by atoms with Crippen molar-refractivity contribution < 1.29 is 38.8 Å². The lowest BCUT2D eigenvalue weighted by molar-refractivity contribution is -0.258. The van der Waals surface area contributed by atoms with E-state index >= 15 is 0 Å². The number of amides is 1. The maximum Gasteiger partial charge on any atom is 0.239 e. The zero-order valence-electron chi connectivity index (χ0n) is 33.6. The van der Waals surface area contributed by atoms with Crippen LogP contribution in [-0.2, 0) is 20.9 Å². The molecular weight excluding hydrogens is 712 g/mol. The van der Waals surface area contributed by atoms with Crippen molar-refractivity contribution in [3.63, 3.8) is 0 Å². The van der Waals surface area contributed by atoms with Gasteiger partial charge in [-0.25, -0.2) is 4.39 Å². The Morgan fingerprint density at radius 2 is 1.75 bits per heavy atom. The topological polar surface area (TPSA) is 121 Å². The molecule has 3 aliphatic carbocycles. The van der Waals surface area contributed by atoms with Crippen molar-refractivity contribution in [2.75, 3.05) is 19.8 Å². The molecule has 2 fully saturated rings. The Morgan fingerprint density at radius 1 is 1.04 bits per heavy atom. The van der Waals surface area contributed by atoms with E-state index in [2.05, 4.69) is 12.7 Å². The van der Waals surface area contributed by atoms with Crippen LogP contribution in [0.5, 0.6) is 11.5 Å². The van der Waals surface area contributed by atoms with Gasteiger partial charge in [0.05, 0.1) is 18.2 Å². The molecule has 0 radical (unpaired) electrons. The molecule has 9 nitrogen and oxygen atoms in total. The Bertz CT molecular complexity index is 1700. The number of aliphatic hydroxyl groups is 2. The van der Waals surface area contributed by atoms with Crippen molar-refractivity contribution in [2.24, 2.45) is 28.8 Å². The van der Waals surface area contributed by atoms with Gasteiger partial charge in [0.1, 0.15) is 29.0 Å². The summed E-state index contributed by atoms with van der Waals surface area (Å²) < 4.78 is 28.6. The van der Waals surface area contributed by atoms with Gasteiger partial charge in [0.25, 0.3) is 0 Å². The van der Waals surface area contributed by atoms with E-state index in [9.17, 15) is 24.5 Å². The highest BCUT2D eigenvalue weighted by Gasteiger charge is 2.65. The summed E-state index contributed by atoms with van der Waals surface area (Å²) in [4.78, 5) is 23.0. The lowest BCUT2D eigenvalue weighted by Gasteiger charge is -2.60. The number of oxime groups is 1. The molecule has 2 aromatic carbocycles. The number of carbonyl (C=O) groups excluding carboxylic acids is 1. The van der Waals surface area contributed by atoms with Crippen LogP contribution in [0.1, 0.15) is 121 Å². The van der Waals surface area contributed by atoms with Crippen molar-refractivity contribution in [1.29, 1.82) is 0 Å². The molecule has 6 rings (SSSR count). The molecule has 3 N–H and O–H groups in total. The number of hydrogen-bond acceptors (Lipinski definition) is 8. The minimum Gasteiger partial charge on any atom is -0.508 e. The molecule has 0 bridgehead atoms. The van der Waals surface area contributed by atoms with Gasteiger partial charge in [-0.2, -0.15) is 0 Å². The Balaban J connectivity index is 1.57. The highest BCUT2D eigenvalue weighted by Crippen LogP contribution is 2.62. The summed E-state index contributed by atoms with van der Waals surface area (Å²) in [5.74, 6) is -1.10. The number of nitrogens with zero attached hydrogens (tertiary/aromatic N) is 2. The lowest BCUT2D eigenvalue weighted by Crippen LogP contribution is -2.70. The maximum atomic E-state index is 14.9. The Hall–Kier alpha value is -3.73. The first-order valence-corrected chi connectivity index (χ1v) is 21.0. The van der Waals surface area contributed by atoms with E-state index in [0.717, 1.165) is 67.4 Å². The fourth-order valence-electron chi connectivity index (χ4n) is 9.78. The third-order valence-electron chi connectivity index (χ3n) is 12.3. The first-order chi connectivity index (χ1) is 27.0. The zero-order chi connectivity index (χ0) is 39.9. The highest BCUT2D eigenvalue weighted by molar-refractivity contribution is 6.03. The van der Waals surface area contributed by atoms with Gasteiger partial charge in [0.2, 0.25) is 11.7 Å². The molecule has 1 heterocycles. The number of unbranched alkanes of at least 4 members (excludes halogenated alkanes) is 2. The predicted molar refractivity (Wildman–Crippen MR) is 216 cm³/mol. The summed E-state index contributed by atoms with van der Waals surface area (Å²) in [5, 5.41) is 35.6. The number of aliphatic hydroxyl groups excluding tert-OH is 2. The maximum absolute atomic E-state index is 14.9. The minimum atomic E-state index is -1.40. The Morgan fingerprint density at radius 3 is 2.43 bits per heavy atom. The molecule has 4 aliphatic rings. The Kier molecular flexibility index (Phi) is 14.0. The molecule has 0 saturated heterocycles. The van der Waals surface area contributed by atoms with Gasteiger partial charge in [0, 0.05) is 44.1 Å². The molecule has 2 aromatic rings. The minimum absolute atomic E-state index is 0.0230. The molecule has 56 heavy (non-hydrogen) atoms. The van der Waals surface area contributed by atoms with Gasteiger partial charge < -0.3 is 34.5 Å². The quantitative estimate of drug-likeness (QED) is 0.0786. The standard InChI is InChI=1S/C46H63FN2O7/c1-5-26-54-46-41(49(30-32-16-19-34(47)20-17-32)42(53)23-18-31-12-6-7-13-31)29-39(48-56-45(2,3)4)37-27-33(14-8-10-24-50)36(15-9-11-25-51)43(44(37)46)38-28-35(52)21-22-40(38)55-46/h5,16-17,19-22,27-28,31,33,36,41,43-44,50-52H,1,6-15,18,23-26,29-30H2,2-4H3/t33-,36+,41-,43+,44+,46+/m0/s1. The molecule has 1 amide bonds. The van der Waals surface area contributed by atoms with Gasteiger partial charge in [-0.3, -0.25) is 4.79 Å². The van der Waals surface area contributed by atoms with Crippen molar-refractivity contribution in [3.8, 4) is 11.5 Å². The van der Waals surface area contributed by atoms with Crippen LogP contribution in [0.25, 0.3) is 0 Å². The summed E-state index contributed by atoms with van der Waals surface area (Å²) in [7, 11) is 0. The van der Waals surface area contributed by atoms with E-state index in [0.29, 0.717) is 30.9 Å². The number of aromatic hydroxyl groups is 1. The van der Waals surface area contributed by atoms with Crippen molar-refractivity contribution in [3.05, 3.63) is 83.7 Å². The average molecular weight is 775 g/mol. The number of halogens is 1. The second-order valence-electron chi connectivity index (χ2n) is 17.3. The van der Waals surface area contributed by atoms with Crippen molar-refractivity contribution in [2.45, 2.75) is 134 Å². The summed E-state index contributed by atoms with van der Waals surface area (Å²) in [5.41, 5.74) is 2.73. The molecular formula is C46H63FN2O7. The molecule has 1 aliphatic heterocycles. The zero-order valence-corrected chi connectivity index (χ0v) is 33.6. The number of phenolic OH excluding ortho intramolecular Hbond substituents is 1. The molecule has 306 valence electrons. The third-order valence-corrected chi connectivity index (χ3v) is 12.3. The number of phenols is 1.